The molecule has 0 spiro atoms. The largest absolute Gasteiger partial charge is 0.294 e. The molecule has 1 aromatic carbocycles. The molecule has 0 atom stereocenters. The van der Waals surface area contributed by atoms with Crippen LogP contribution in [0, 0.1) is 12.7 Å². The van der Waals surface area contributed by atoms with E-state index in [9.17, 15) is 9.18 Å². The Morgan fingerprint density at radius 1 is 1.36 bits per heavy atom. The Balaban J connectivity index is 3.31. The van der Waals surface area contributed by atoms with Gasteiger partial charge in [-0.05, 0) is 37.0 Å². The standard InChI is InChI=1S/C12H15FO/c1-7(2)10-5-8(3)11(9(4)14)6-12(10)13/h5-7H,1-4H3. The highest BCUT2D eigenvalue weighted by molar-refractivity contribution is 5.95. The Kier molecular flexibility index (Phi) is 3.04. The third-order valence-corrected chi connectivity index (χ3v) is 2.34. The summed E-state index contributed by atoms with van der Waals surface area (Å²) in [7, 11) is 0. The van der Waals surface area contributed by atoms with Gasteiger partial charge in [-0.3, -0.25) is 4.79 Å². The lowest BCUT2D eigenvalue weighted by atomic mass is 9.96. The van der Waals surface area contributed by atoms with Gasteiger partial charge in [0, 0.05) is 5.56 Å². The number of aryl methyl sites for hydroxylation is 1. The predicted octanol–water partition coefficient (Wildman–Crippen LogP) is 3.46. The van der Waals surface area contributed by atoms with Gasteiger partial charge in [-0.1, -0.05) is 19.9 Å². The van der Waals surface area contributed by atoms with Crippen LogP contribution in [0.2, 0.25) is 0 Å². The minimum absolute atomic E-state index is 0.0864. The fourth-order valence-corrected chi connectivity index (χ4v) is 1.53. The van der Waals surface area contributed by atoms with Crippen LogP contribution >= 0.6 is 0 Å². The number of carbonyl (C=O) groups is 1. The van der Waals surface area contributed by atoms with E-state index in [4.69, 9.17) is 0 Å². The average molecular weight is 194 g/mol. The average Bonchev–Trinajstić information content (AvgIpc) is 2.07. The van der Waals surface area contributed by atoms with Gasteiger partial charge in [0.1, 0.15) is 5.82 Å². The van der Waals surface area contributed by atoms with Crippen LogP contribution in [0.4, 0.5) is 4.39 Å². The van der Waals surface area contributed by atoms with Crippen LogP contribution in [0.15, 0.2) is 12.1 Å². The molecule has 0 aliphatic rings. The Hall–Kier alpha value is -1.18. The van der Waals surface area contributed by atoms with E-state index in [1.54, 1.807) is 6.07 Å². The van der Waals surface area contributed by atoms with Crippen molar-refractivity contribution in [3.8, 4) is 0 Å². The maximum Gasteiger partial charge on any atom is 0.160 e. The van der Waals surface area contributed by atoms with Crippen molar-refractivity contribution in [1.82, 2.24) is 0 Å². The molecule has 1 rings (SSSR count). The molecule has 2 heteroatoms. The second-order valence-corrected chi connectivity index (χ2v) is 3.90. The van der Waals surface area contributed by atoms with Crippen LogP contribution in [0.5, 0.6) is 0 Å². The molecule has 0 aliphatic carbocycles. The fourth-order valence-electron chi connectivity index (χ4n) is 1.53. The summed E-state index contributed by atoms with van der Waals surface area (Å²) in [5.74, 6) is -0.220. The molecule has 0 fully saturated rings. The molecule has 0 radical (unpaired) electrons. The zero-order valence-corrected chi connectivity index (χ0v) is 9.02. The van der Waals surface area contributed by atoms with Crippen LogP contribution in [0.3, 0.4) is 0 Å². The van der Waals surface area contributed by atoms with E-state index >= 15 is 0 Å². The lowest BCUT2D eigenvalue weighted by Gasteiger charge is -2.10. The maximum atomic E-state index is 13.5. The highest BCUT2D eigenvalue weighted by atomic mass is 19.1. The second kappa shape index (κ2) is 3.91. The molecule has 76 valence electrons. The number of ketones is 1. The van der Waals surface area contributed by atoms with Gasteiger partial charge in [-0.15, -0.1) is 0 Å². The molecule has 0 saturated heterocycles. The van der Waals surface area contributed by atoms with Crippen LogP contribution in [0.1, 0.15) is 48.2 Å². The summed E-state index contributed by atoms with van der Waals surface area (Å²) >= 11 is 0. The van der Waals surface area contributed by atoms with Gasteiger partial charge in [0.15, 0.2) is 5.78 Å². The van der Waals surface area contributed by atoms with E-state index in [2.05, 4.69) is 0 Å². The van der Waals surface area contributed by atoms with Crippen molar-refractivity contribution < 1.29 is 9.18 Å². The first kappa shape index (κ1) is 10.9. The summed E-state index contributed by atoms with van der Waals surface area (Å²) in [6, 6.07) is 3.10. The third kappa shape index (κ3) is 2.00. The van der Waals surface area contributed by atoms with E-state index < -0.39 is 0 Å². The lowest BCUT2D eigenvalue weighted by molar-refractivity contribution is 0.101. The topological polar surface area (TPSA) is 17.1 Å². The predicted molar refractivity (Wildman–Crippen MR) is 55.2 cm³/mol. The van der Waals surface area contributed by atoms with Gasteiger partial charge < -0.3 is 0 Å². The zero-order valence-electron chi connectivity index (χ0n) is 9.02. The van der Waals surface area contributed by atoms with Crippen molar-refractivity contribution >= 4 is 5.78 Å². The first-order valence-electron chi connectivity index (χ1n) is 4.74. The van der Waals surface area contributed by atoms with E-state index in [1.165, 1.54) is 13.0 Å². The molecule has 0 amide bonds. The monoisotopic (exact) mass is 194 g/mol. The summed E-state index contributed by atoms with van der Waals surface area (Å²) in [4.78, 5) is 11.1. The summed E-state index contributed by atoms with van der Waals surface area (Å²) in [6.07, 6.45) is 0. The molecule has 0 saturated carbocycles. The van der Waals surface area contributed by atoms with Gasteiger partial charge in [0.2, 0.25) is 0 Å². The Bertz CT molecular complexity index is 367. The number of hydrogen-bond acceptors (Lipinski definition) is 1. The molecule has 0 unspecified atom stereocenters. The Morgan fingerprint density at radius 3 is 2.36 bits per heavy atom. The zero-order chi connectivity index (χ0) is 10.9. The smallest absolute Gasteiger partial charge is 0.160 e. The van der Waals surface area contributed by atoms with Gasteiger partial charge in [-0.2, -0.15) is 0 Å². The Labute approximate surface area is 83.9 Å². The number of halogens is 1. The number of hydrogen-bond donors (Lipinski definition) is 0. The summed E-state index contributed by atoms with van der Waals surface area (Å²) in [5.41, 5.74) is 2.00. The molecule has 14 heavy (non-hydrogen) atoms. The molecule has 1 aromatic rings. The number of carbonyl (C=O) groups excluding carboxylic acids is 1. The molecule has 0 heterocycles. The molecule has 1 nitrogen and oxygen atoms in total. The van der Waals surface area contributed by atoms with Gasteiger partial charge in [0.25, 0.3) is 0 Å². The van der Waals surface area contributed by atoms with Crippen molar-refractivity contribution in [3.05, 3.63) is 34.6 Å². The van der Waals surface area contributed by atoms with Crippen molar-refractivity contribution in [2.24, 2.45) is 0 Å². The molecular formula is C12H15FO. The number of benzene rings is 1. The number of rotatable bonds is 2. The molecule has 0 aliphatic heterocycles. The first-order valence-corrected chi connectivity index (χ1v) is 4.74. The van der Waals surface area contributed by atoms with Crippen LogP contribution in [-0.2, 0) is 0 Å². The summed E-state index contributed by atoms with van der Waals surface area (Å²) in [6.45, 7) is 7.16. The van der Waals surface area contributed by atoms with Crippen molar-refractivity contribution in [1.29, 1.82) is 0 Å². The quantitative estimate of drug-likeness (QED) is 0.659. The van der Waals surface area contributed by atoms with Crippen molar-refractivity contribution in [3.63, 3.8) is 0 Å². The van der Waals surface area contributed by atoms with Crippen molar-refractivity contribution in [2.75, 3.05) is 0 Å². The lowest BCUT2D eigenvalue weighted by Crippen LogP contribution is -2.01. The fraction of sp³-hybridized carbons (Fsp3) is 0.417. The molecular weight excluding hydrogens is 179 g/mol. The highest BCUT2D eigenvalue weighted by Gasteiger charge is 2.12. The normalized spacial score (nSPS) is 10.7. The first-order chi connectivity index (χ1) is 6.43. The van der Waals surface area contributed by atoms with Gasteiger partial charge >= 0.3 is 0 Å². The van der Waals surface area contributed by atoms with Crippen molar-refractivity contribution in [2.45, 2.75) is 33.6 Å². The third-order valence-electron chi connectivity index (χ3n) is 2.34. The summed E-state index contributed by atoms with van der Waals surface area (Å²) < 4.78 is 13.5. The molecule has 0 bridgehead atoms. The Morgan fingerprint density at radius 2 is 1.93 bits per heavy atom. The number of Topliss-reactive ketones (excluding diaryl/α,β-unsaturated/α-hetero) is 1. The molecule has 0 aromatic heterocycles. The van der Waals surface area contributed by atoms with Crippen LogP contribution < -0.4 is 0 Å². The SMILES string of the molecule is CC(=O)c1cc(F)c(C(C)C)cc1C. The second-order valence-electron chi connectivity index (χ2n) is 3.90. The molecule has 0 N–H and O–H groups in total. The van der Waals surface area contributed by atoms with E-state index in [1.807, 2.05) is 20.8 Å². The van der Waals surface area contributed by atoms with E-state index in [0.717, 1.165) is 5.56 Å². The highest BCUT2D eigenvalue weighted by Crippen LogP contribution is 2.22. The maximum absolute atomic E-state index is 13.5. The van der Waals surface area contributed by atoms with E-state index in [0.29, 0.717) is 11.1 Å². The minimum Gasteiger partial charge on any atom is -0.294 e. The van der Waals surface area contributed by atoms with Crippen LogP contribution in [0.25, 0.3) is 0 Å². The summed E-state index contributed by atoms with van der Waals surface area (Å²) in [5, 5.41) is 0. The van der Waals surface area contributed by atoms with Gasteiger partial charge in [0.05, 0.1) is 0 Å². The minimum atomic E-state index is -0.282. The van der Waals surface area contributed by atoms with E-state index in [-0.39, 0.29) is 17.5 Å². The van der Waals surface area contributed by atoms with Crippen LogP contribution in [-0.4, -0.2) is 5.78 Å². The van der Waals surface area contributed by atoms with Gasteiger partial charge in [-0.25, -0.2) is 4.39 Å².